The van der Waals surface area contributed by atoms with Gasteiger partial charge >= 0.3 is 12.1 Å². The molecule has 2 heterocycles. The first-order valence-corrected chi connectivity index (χ1v) is 6.64. The number of imidazole rings is 1. The van der Waals surface area contributed by atoms with E-state index in [0.717, 1.165) is 10.6 Å². The van der Waals surface area contributed by atoms with Crippen molar-refractivity contribution in [2.45, 2.75) is 13.3 Å². The molecule has 0 aliphatic heterocycles. The number of alkyl halides is 3. The summed E-state index contributed by atoms with van der Waals surface area (Å²) in [5, 5.41) is -0.0624. The van der Waals surface area contributed by atoms with E-state index in [0.29, 0.717) is 5.82 Å². The molecule has 3 rings (SSSR count). The number of ether oxygens (including phenoxy) is 1. The number of aromatic amines is 1. The van der Waals surface area contributed by atoms with Crippen LogP contribution in [0.1, 0.15) is 5.82 Å². The maximum absolute atomic E-state index is 12.5. The Hall–Kier alpha value is -2.55. The summed E-state index contributed by atoms with van der Waals surface area (Å²) in [4.78, 5) is 22.5. The summed E-state index contributed by atoms with van der Waals surface area (Å²) < 4.78 is 42.5. The molecule has 0 saturated heterocycles. The standard InChI is InChI=1S/C13H8ClF3N4O2/c1-6-18-10(14)9-11(19-6)20-12(22)21(9)7-4-2-3-5-8(7)23-13(15,16)17/h2-5H,1H3,(H,18,19,20,22). The van der Waals surface area contributed by atoms with Gasteiger partial charge in [0.05, 0.1) is 5.69 Å². The Morgan fingerprint density at radius 3 is 2.65 bits per heavy atom. The normalized spacial score (nSPS) is 11.9. The molecule has 0 radical (unpaired) electrons. The molecule has 1 N–H and O–H groups in total. The third-order valence-corrected chi connectivity index (χ3v) is 3.20. The third kappa shape index (κ3) is 2.87. The highest BCUT2D eigenvalue weighted by atomic mass is 35.5. The van der Waals surface area contributed by atoms with E-state index in [-0.39, 0.29) is 22.0 Å². The van der Waals surface area contributed by atoms with Gasteiger partial charge in [-0.25, -0.2) is 14.8 Å². The Bertz CT molecular complexity index is 949. The van der Waals surface area contributed by atoms with Gasteiger partial charge < -0.3 is 4.74 Å². The maximum atomic E-state index is 12.5. The Labute approximate surface area is 131 Å². The summed E-state index contributed by atoms with van der Waals surface area (Å²) in [7, 11) is 0. The Morgan fingerprint density at radius 2 is 1.96 bits per heavy atom. The minimum absolute atomic E-state index is 0.0624. The lowest BCUT2D eigenvalue weighted by molar-refractivity contribution is -0.274. The molecule has 10 heteroatoms. The molecule has 0 aliphatic carbocycles. The molecule has 1 aromatic carbocycles. The monoisotopic (exact) mass is 344 g/mol. The predicted octanol–water partition coefficient (Wildman–Crippen LogP) is 2.97. The van der Waals surface area contributed by atoms with E-state index in [9.17, 15) is 18.0 Å². The lowest BCUT2D eigenvalue weighted by Crippen LogP contribution is -2.21. The van der Waals surface area contributed by atoms with Crippen LogP contribution in [-0.2, 0) is 0 Å². The van der Waals surface area contributed by atoms with Crippen LogP contribution in [0.15, 0.2) is 29.1 Å². The second-order valence-corrected chi connectivity index (χ2v) is 4.90. The van der Waals surface area contributed by atoms with Crippen molar-refractivity contribution in [3.8, 4) is 11.4 Å². The fourth-order valence-corrected chi connectivity index (χ4v) is 2.46. The highest BCUT2D eigenvalue weighted by Crippen LogP contribution is 2.30. The number of nitrogens with one attached hydrogen (secondary N) is 1. The average Bonchev–Trinajstić information content (AvgIpc) is 2.73. The number of halogens is 4. The third-order valence-electron chi connectivity index (χ3n) is 2.94. The molecule has 0 unspecified atom stereocenters. The van der Waals surface area contributed by atoms with Crippen LogP contribution in [0.25, 0.3) is 16.9 Å². The number of benzene rings is 1. The van der Waals surface area contributed by atoms with Crippen molar-refractivity contribution in [3.63, 3.8) is 0 Å². The Balaban J connectivity index is 2.30. The first kappa shape index (κ1) is 15.3. The molecule has 2 aromatic heterocycles. The molecule has 0 bridgehead atoms. The summed E-state index contributed by atoms with van der Waals surface area (Å²) in [6.45, 7) is 1.57. The van der Waals surface area contributed by atoms with Crippen molar-refractivity contribution < 1.29 is 17.9 Å². The number of H-pyrrole nitrogens is 1. The minimum atomic E-state index is -4.90. The van der Waals surface area contributed by atoms with Crippen molar-refractivity contribution in [1.82, 2.24) is 19.5 Å². The van der Waals surface area contributed by atoms with Gasteiger partial charge in [-0.1, -0.05) is 23.7 Å². The molecule has 3 aromatic rings. The van der Waals surface area contributed by atoms with Crippen LogP contribution in [0.5, 0.6) is 5.75 Å². The van der Waals surface area contributed by atoms with Gasteiger partial charge in [0.15, 0.2) is 16.5 Å². The molecule has 120 valence electrons. The highest BCUT2D eigenvalue weighted by molar-refractivity contribution is 6.33. The van der Waals surface area contributed by atoms with Gasteiger partial charge in [0.25, 0.3) is 0 Å². The second kappa shape index (κ2) is 5.27. The summed E-state index contributed by atoms with van der Waals surface area (Å²) in [6.07, 6.45) is -4.90. The van der Waals surface area contributed by atoms with Gasteiger partial charge in [-0.15, -0.1) is 13.2 Å². The zero-order valence-electron chi connectivity index (χ0n) is 11.5. The van der Waals surface area contributed by atoms with Gasteiger partial charge in [0, 0.05) is 0 Å². The van der Waals surface area contributed by atoms with Crippen LogP contribution in [-0.4, -0.2) is 25.9 Å². The number of aryl methyl sites for hydroxylation is 1. The number of fused-ring (bicyclic) bond motifs is 1. The van der Waals surface area contributed by atoms with E-state index in [1.54, 1.807) is 6.92 Å². The van der Waals surface area contributed by atoms with Gasteiger partial charge in [0.2, 0.25) is 0 Å². The van der Waals surface area contributed by atoms with E-state index in [1.807, 2.05) is 0 Å². The first-order chi connectivity index (χ1) is 10.8. The number of rotatable bonds is 2. The smallest absolute Gasteiger partial charge is 0.404 e. The molecular weight excluding hydrogens is 337 g/mol. The van der Waals surface area contributed by atoms with Gasteiger partial charge in [-0.3, -0.25) is 9.55 Å². The number of hydrogen-bond acceptors (Lipinski definition) is 4. The first-order valence-electron chi connectivity index (χ1n) is 6.26. The van der Waals surface area contributed by atoms with E-state index in [4.69, 9.17) is 11.6 Å². The van der Waals surface area contributed by atoms with Crippen molar-refractivity contribution in [2.24, 2.45) is 0 Å². The molecule has 0 atom stereocenters. The topological polar surface area (TPSA) is 72.8 Å². The molecule has 0 amide bonds. The molecule has 23 heavy (non-hydrogen) atoms. The van der Waals surface area contributed by atoms with Crippen LogP contribution < -0.4 is 10.4 Å². The van der Waals surface area contributed by atoms with E-state index in [2.05, 4.69) is 19.7 Å². The fraction of sp³-hybridized carbons (Fsp3) is 0.154. The largest absolute Gasteiger partial charge is 0.573 e. The number of para-hydroxylation sites is 2. The van der Waals surface area contributed by atoms with Crippen molar-refractivity contribution in [2.75, 3.05) is 0 Å². The number of aromatic nitrogens is 4. The van der Waals surface area contributed by atoms with Gasteiger partial charge in [-0.05, 0) is 19.1 Å². The molecule has 0 saturated carbocycles. The molecule has 0 spiro atoms. The highest BCUT2D eigenvalue weighted by Gasteiger charge is 2.32. The number of hydrogen-bond donors (Lipinski definition) is 1. The van der Waals surface area contributed by atoms with Gasteiger partial charge in [0.1, 0.15) is 11.3 Å². The number of nitrogens with zero attached hydrogens (tertiary/aromatic N) is 3. The van der Waals surface area contributed by atoms with Gasteiger partial charge in [-0.2, -0.15) is 0 Å². The van der Waals surface area contributed by atoms with E-state index in [1.165, 1.54) is 18.2 Å². The Kier molecular flexibility index (Phi) is 3.52. The minimum Gasteiger partial charge on any atom is -0.404 e. The van der Waals surface area contributed by atoms with Crippen LogP contribution in [0, 0.1) is 6.92 Å². The van der Waals surface area contributed by atoms with Crippen LogP contribution in [0.4, 0.5) is 13.2 Å². The molecule has 0 aliphatic rings. The fourth-order valence-electron chi connectivity index (χ4n) is 2.16. The summed E-state index contributed by atoms with van der Waals surface area (Å²) >= 11 is 6.02. The van der Waals surface area contributed by atoms with E-state index >= 15 is 0 Å². The zero-order chi connectivity index (χ0) is 16.8. The quantitative estimate of drug-likeness (QED) is 0.725. The zero-order valence-corrected chi connectivity index (χ0v) is 12.2. The maximum Gasteiger partial charge on any atom is 0.573 e. The average molecular weight is 345 g/mol. The Morgan fingerprint density at radius 1 is 1.26 bits per heavy atom. The second-order valence-electron chi connectivity index (χ2n) is 4.54. The summed E-state index contributed by atoms with van der Waals surface area (Å²) in [5.74, 6) is -0.227. The van der Waals surface area contributed by atoms with Crippen LogP contribution in [0.2, 0.25) is 5.15 Å². The van der Waals surface area contributed by atoms with Crippen molar-refractivity contribution in [3.05, 3.63) is 45.7 Å². The summed E-state index contributed by atoms with van der Waals surface area (Å²) in [6, 6.07) is 5.21. The lowest BCUT2D eigenvalue weighted by atomic mass is 10.3. The van der Waals surface area contributed by atoms with Crippen LogP contribution in [0.3, 0.4) is 0 Å². The van der Waals surface area contributed by atoms with Crippen molar-refractivity contribution >= 4 is 22.8 Å². The molecule has 6 nitrogen and oxygen atoms in total. The van der Waals surface area contributed by atoms with Crippen molar-refractivity contribution in [1.29, 1.82) is 0 Å². The van der Waals surface area contributed by atoms with E-state index < -0.39 is 17.8 Å². The summed E-state index contributed by atoms with van der Waals surface area (Å²) in [5.41, 5.74) is -0.648. The lowest BCUT2D eigenvalue weighted by Gasteiger charge is -2.13. The molecular formula is C13H8ClF3N4O2. The predicted molar refractivity (Wildman–Crippen MR) is 75.9 cm³/mol. The van der Waals surface area contributed by atoms with Crippen LogP contribution >= 0.6 is 11.6 Å². The molecule has 0 fully saturated rings. The SMILES string of the molecule is Cc1nc(Cl)c2c(n1)[nH]c(=O)n2-c1ccccc1OC(F)(F)F.